The van der Waals surface area contributed by atoms with E-state index in [9.17, 15) is 0 Å². The summed E-state index contributed by atoms with van der Waals surface area (Å²) in [6.07, 6.45) is 5.45. The average Bonchev–Trinajstić information content (AvgIpc) is 2.89. The van der Waals surface area contributed by atoms with Crippen LogP contribution >= 0.6 is 0 Å². The molecule has 0 unspecified atom stereocenters. The van der Waals surface area contributed by atoms with Gasteiger partial charge >= 0.3 is 0 Å². The fourth-order valence-corrected chi connectivity index (χ4v) is 1.64. The molecule has 0 aliphatic rings. The van der Waals surface area contributed by atoms with Crippen molar-refractivity contribution < 1.29 is 0 Å². The van der Waals surface area contributed by atoms with Gasteiger partial charge in [-0.2, -0.15) is 0 Å². The number of H-pyrrole nitrogens is 2. The average molecular weight is 198 g/mol. The molecule has 3 N–H and O–H groups in total. The molecule has 3 aromatic rings. The Balaban J connectivity index is 2.05. The molecule has 15 heavy (non-hydrogen) atoms. The molecule has 74 valence electrons. The van der Waals surface area contributed by atoms with Gasteiger partial charge in [0.1, 0.15) is 0 Å². The fraction of sp³-hybridized carbons (Fsp3) is 0. The summed E-state index contributed by atoms with van der Waals surface area (Å²) in [4.78, 5) is 10.3. The lowest BCUT2D eigenvalue weighted by Crippen LogP contribution is -1.90. The predicted molar refractivity (Wildman–Crippen MR) is 60.2 cm³/mol. The van der Waals surface area contributed by atoms with Crippen molar-refractivity contribution in [2.75, 3.05) is 5.32 Å². The molecule has 0 radical (unpaired) electrons. The second-order valence-corrected chi connectivity index (χ2v) is 3.31. The first-order valence-corrected chi connectivity index (χ1v) is 4.76. The molecule has 0 atom stereocenters. The molecule has 0 saturated heterocycles. The van der Waals surface area contributed by atoms with Gasteiger partial charge in [-0.1, -0.05) is 18.2 Å². The van der Waals surface area contributed by atoms with E-state index in [0.29, 0.717) is 0 Å². The van der Waals surface area contributed by atoms with Crippen LogP contribution in [0, 0.1) is 0 Å². The minimum atomic E-state index is 0.750. The fourth-order valence-electron chi connectivity index (χ4n) is 1.64. The summed E-state index contributed by atoms with van der Waals surface area (Å²) in [6.45, 7) is 0. The number of nitrogens with one attached hydrogen (secondary N) is 3. The number of benzene rings is 1. The van der Waals surface area contributed by atoms with Crippen molar-refractivity contribution in [3.63, 3.8) is 0 Å². The second kappa shape index (κ2) is 3.16. The van der Waals surface area contributed by atoms with E-state index in [4.69, 9.17) is 0 Å². The van der Waals surface area contributed by atoms with Crippen LogP contribution in [0.25, 0.3) is 10.9 Å². The van der Waals surface area contributed by atoms with E-state index in [0.717, 1.165) is 22.5 Å². The van der Waals surface area contributed by atoms with Gasteiger partial charge in [0.25, 0.3) is 0 Å². The van der Waals surface area contributed by atoms with Gasteiger partial charge in [0, 0.05) is 29.5 Å². The third-order valence-electron chi connectivity index (χ3n) is 2.34. The number of aromatic amines is 2. The van der Waals surface area contributed by atoms with E-state index in [-0.39, 0.29) is 0 Å². The molecule has 0 saturated carbocycles. The summed E-state index contributed by atoms with van der Waals surface area (Å²) < 4.78 is 0. The molecule has 3 rings (SSSR count). The maximum atomic E-state index is 4.12. The van der Waals surface area contributed by atoms with Gasteiger partial charge in [0.05, 0.1) is 5.69 Å². The summed E-state index contributed by atoms with van der Waals surface area (Å²) in [6, 6.07) is 8.14. The number of imidazole rings is 1. The number of anilines is 2. The van der Waals surface area contributed by atoms with Crippen molar-refractivity contribution >= 4 is 22.5 Å². The van der Waals surface area contributed by atoms with E-state index >= 15 is 0 Å². The van der Waals surface area contributed by atoms with Crippen LogP contribution in [-0.2, 0) is 0 Å². The van der Waals surface area contributed by atoms with Crippen molar-refractivity contribution in [3.05, 3.63) is 42.9 Å². The third-order valence-corrected chi connectivity index (χ3v) is 2.34. The molecule has 0 aliphatic heterocycles. The van der Waals surface area contributed by atoms with Gasteiger partial charge in [-0.15, -0.1) is 0 Å². The second-order valence-electron chi connectivity index (χ2n) is 3.31. The van der Waals surface area contributed by atoms with Crippen LogP contribution in [-0.4, -0.2) is 15.0 Å². The molecule has 4 heteroatoms. The Kier molecular flexibility index (Phi) is 1.71. The van der Waals surface area contributed by atoms with E-state index in [1.54, 1.807) is 12.4 Å². The van der Waals surface area contributed by atoms with Crippen molar-refractivity contribution in [3.8, 4) is 0 Å². The van der Waals surface area contributed by atoms with Gasteiger partial charge in [-0.25, -0.2) is 4.98 Å². The van der Waals surface area contributed by atoms with Gasteiger partial charge in [0.15, 0.2) is 0 Å². The maximum Gasteiger partial charge on any atom is 0.204 e. The summed E-state index contributed by atoms with van der Waals surface area (Å²) >= 11 is 0. The lowest BCUT2D eigenvalue weighted by atomic mass is 10.2. The number of nitrogens with zero attached hydrogens (tertiary/aromatic N) is 1. The Labute approximate surface area is 86.4 Å². The third kappa shape index (κ3) is 1.36. The minimum absolute atomic E-state index is 0.750. The highest BCUT2D eigenvalue weighted by Gasteiger charge is 2.02. The zero-order chi connectivity index (χ0) is 10.1. The van der Waals surface area contributed by atoms with Crippen LogP contribution in [0.4, 0.5) is 11.6 Å². The highest BCUT2D eigenvalue weighted by atomic mass is 15.1. The summed E-state index contributed by atoms with van der Waals surface area (Å²) in [5.41, 5.74) is 2.15. The van der Waals surface area contributed by atoms with Crippen LogP contribution in [0.15, 0.2) is 42.9 Å². The van der Waals surface area contributed by atoms with E-state index in [1.165, 1.54) is 0 Å². The molecule has 0 bridgehead atoms. The van der Waals surface area contributed by atoms with Crippen molar-refractivity contribution in [1.82, 2.24) is 15.0 Å². The van der Waals surface area contributed by atoms with Crippen molar-refractivity contribution in [2.45, 2.75) is 0 Å². The van der Waals surface area contributed by atoms with Crippen LogP contribution < -0.4 is 5.32 Å². The molecular formula is C11H10N4. The lowest BCUT2D eigenvalue weighted by Gasteiger charge is -1.99. The molecule has 0 spiro atoms. The molecule has 2 aromatic heterocycles. The number of para-hydroxylation sites is 1. The Bertz CT molecular complexity index is 565. The summed E-state index contributed by atoms with van der Waals surface area (Å²) in [5, 5.41) is 4.37. The van der Waals surface area contributed by atoms with Crippen LogP contribution in [0.1, 0.15) is 0 Å². The molecule has 2 heterocycles. The predicted octanol–water partition coefficient (Wildman–Crippen LogP) is 2.63. The Hall–Kier alpha value is -2.23. The van der Waals surface area contributed by atoms with Gasteiger partial charge in [0.2, 0.25) is 5.95 Å². The first-order valence-electron chi connectivity index (χ1n) is 4.76. The molecular weight excluding hydrogens is 188 g/mol. The molecule has 0 amide bonds. The number of aromatic nitrogens is 3. The lowest BCUT2D eigenvalue weighted by molar-refractivity contribution is 1.29. The molecule has 4 nitrogen and oxygen atoms in total. The molecule has 1 aromatic carbocycles. The SMILES string of the molecule is c1ccc2c(Nc3ncc[nH]3)c[nH]c2c1. The Morgan fingerprint density at radius 1 is 1.13 bits per heavy atom. The maximum absolute atomic E-state index is 4.12. The molecule has 0 aliphatic carbocycles. The van der Waals surface area contributed by atoms with E-state index < -0.39 is 0 Å². The highest BCUT2D eigenvalue weighted by Crippen LogP contribution is 2.24. The smallest absolute Gasteiger partial charge is 0.204 e. The number of rotatable bonds is 2. The number of fused-ring (bicyclic) bond motifs is 1. The zero-order valence-corrected chi connectivity index (χ0v) is 7.99. The van der Waals surface area contributed by atoms with Crippen molar-refractivity contribution in [1.29, 1.82) is 0 Å². The zero-order valence-electron chi connectivity index (χ0n) is 7.99. The first-order chi connectivity index (χ1) is 7.43. The van der Waals surface area contributed by atoms with Gasteiger partial charge < -0.3 is 15.3 Å². The number of hydrogen-bond donors (Lipinski definition) is 3. The van der Waals surface area contributed by atoms with Gasteiger partial charge in [-0.05, 0) is 6.07 Å². The van der Waals surface area contributed by atoms with Crippen LogP contribution in [0.5, 0.6) is 0 Å². The minimum Gasteiger partial charge on any atom is -0.359 e. The van der Waals surface area contributed by atoms with Gasteiger partial charge in [-0.3, -0.25) is 0 Å². The Morgan fingerprint density at radius 2 is 2.07 bits per heavy atom. The van der Waals surface area contributed by atoms with Crippen LogP contribution in [0.2, 0.25) is 0 Å². The summed E-state index contributed by atoms with van der Waals surface area (Å²) in [5.74, 6) is 0.750. The topological polar surface area (TPSA) is 56.5 Å². The first kappa shape index (κ1) is 8.11. The summed E-state index contributed by atoms with van der Waals surface area (Å²) in [7, 11) is 0. The standard InChI is InChI=1S/C11H10N4/c1-2-4-9-8(3-1)10(7-14-9)15-11-12-5-6-13-11/h1-7,14H,(H2,12,13,15). The quantitative estimate of drug-likeness (QED) is 0.592. The van der Waals surface area contributed by atoms with E-state index in [2.05, 4.69) is 26.3 Å². The Morgan fingerprint density at radius 3 is 2.93 bits per heavy atom. The monoisotopic (exact) mass is 198 g/mol. The van der Waals surface area contributed by atoms with Crippen LogP contribution in [0.3, 0.4) is 0 Å². The normalized spacial score (nSPS) is 10.7. The van der Waals surface area contributed by atoms with Crippen molar-refractivity contribution in [2.24, 2.45) is 0 Å². The van der Waals surface area contributed by atoms with E-state index in [1.807, 2.05) is 24.4 Å². The highest BCUT2D eigenvalue weighted by molar-refractivity contribution is 5.93. The molecule has 0 fully saturated rings. The largest absolute Gasteiger partial charge is 0.359 e. The number of hydrogen-bond acceptors (Lipinski definition) is 2.